The molecule has 2 heterocycles. The quantitative estimate of drug-likeness (QED) is 0.679. The zero-order valence-electron chi connectivity index (χ0n) is 12.7. The van der Waals surface area contributed by atoms with Crippen LogP contribution in [0.25, 0.3) is 5.65 Å². The van der Waals surface area contributed by atoms with Crippen molar-refractivity contribution in [1.29, 1.82) is 0 Å². The fourth-order valence-corrected chi connectivity index (χ4v) is 3.47. The summed E-state index contributed by atoms with van der Waals surface area (Å²) in [7, 11) is 0. The van der Waals surface area contributed by atoms with Crippen LogP contribution in [0, 0.1) is 0 Å². The Hall–Kier alpha value is -1.76. The second-order valence-corrected chi connectivity index (χ2v) is 6.96. The number of halogens is 2. The molecular formula is C16H14Cl2N4OS. The Kier molecular flexibility index (Phi) is 5.28. The molecule has 1 atom stereocenters. The van der Waals surface area contributed by atoms with Gasteiger partial charge in [0.05, 0.1) is 21.8 Å². The molecule has 24 heavy (non-hydrogen) atoms. The van der Waals surface area contributed by atoms with Gasteiger partial charge < -0.3 is 5.32 Å². The van der Waals surface area contributed by atoms with Crippen molar-refractivity contribution in [2.24, 2.45) is 0 Å². The van der Waals surface area contributed by atoms with Gasteiger partial charge in [-0.25, -0.2) is 0 Å². The Balaban J connectivity index is 1.65. The molecule has 3 aromatic rings. The summed E-state index contributed by atoms with van der Waals surface area (Å²) >= 11 is 13.4. The lowest BCUT2D eigenvalue weighted by molar-refractivity contribution is -0.119. The first-order valence-electron chi connectivity index (χ1n) is 7.21. The first kappa shape index (κ1) is 17.1. The van der Waals surface area contributed by atoms with Gasteiger partial charge in [0.25, 0.3) is 0 Å². The molecule has 0 unspecified atom stereocenters. The molecule has 1 amide bonds. The predicted octanol–water partition coefficient (Wildman–Crippen LogP) is 4.01. The molecule has 0 bridgehead atoms. The number of carbonyl (C=O) groups excluding carboxylic acids is 1. The fourth-order valence-electron chi connectivity index (χ4n) is 2.24. The molecule has 8 heteroatoms. The molecule has 0 radical (unpaired) electrons. The lowest BCUT2D eigenvalue weighted by atomic mass is 10.1. The number of benzene rings is 1. The molecule has 0 aliphatic carbocycles. The number of amides is 1. The van der Waals surface area contributed by atoms with Gasteiger partial charge in [0.2, 0.25) is 5.91 Å². The number of aromatic nitrogens is 3. The third kappa shape index (κ3) is 3.83. The highest BCUT2D eigenvalue weighted by atomic mass is 35.5. The normalized spacial score (nSPS) is 12.3. The van der Waals surface area contributed by atoms with Crippen molar-refractivity contribution >= 4 is 46.5 Å². The summed E-state index contributed by atoms with van der Waals surface area (Å²) in [6.07, 6.45) is 1.68. The fraction of sp³-hybridized carbons (Fsp3) is 0.188. The van der Waals surface area contributed by atoms with Gasteiger partial charge in [0, 0.05) is 6.20 Å². The summed E-state index contributed by atoms with van der Waals surface area (Å²) in [6, 6.07) is 11.3. The van der Waals surface area contributed by atoms with Crippen LogP contribution in [0.4, 0.5) is 0 Å². The summed E-state index contributed by atoms with van der Waals surface area (Å²) in [5.41, 5.74) is 1.57. The molecule has 5 nitrogen and oxygen atoms in total. The number of pyridine rings is 1. The van der Waals surface area contributed by atoms with Crippen LogP contribution in [0.3, 0.4) is 0 Å². The van der Waals surface area contributed by atoms with Crippen LogP contribution in [0.1, 0.15) is 18.5 Å². The average molecular weight is 381 g/mol. The van der Waals surface area contributed by atoms with E-state index in [1.165, 1.54) is 11.8 Å². The summed E-state index contributed by atoms with van der Waals surface area (Å²) in [4.78, 5) is 12.2. The SMILES string of the molecule is C[C@@H](NC(=O)CSc1nnc2c(Cl)cc(Cl)cn12)c1ccccc1. The second-order valence-electron chi connectivity index (χ2n) is 5.17. The Morgan fingerprint density at radius 2 is 2.04 bits per heavy atom. The van der Waals surface area contributed by atoms with Crippen molar-refractivity contribution in [3.63, 3.8) is 0 Å². The smallest absolute Gasteiger partial charge is 0.230 e. The van der Waals surface area contributed by atoms with E-state index in [0.717, 1.165) is 5.56 Å². The van der Waals surface area contributed by atoms with E-state index < -0.39 is 0 Å². The van der Waals surface area contributed by atoms with Crippen LogP contribution < -0.4 is 5.32 Å². The van der Waals surface area contributed by atoms with Crippen LogP contribution >= 0.6 is 35.0 Å². The maximum atomic E-state index is 12.2. The third-order valence-electron chi connectivity index (χ3n) is 3.40. The van der Waals surface area contributed by atoms with E-state index in [0.29, 0.717) is 20.8 Å². The number of nitrogens with one attached hydrogen (secondary N) is 1. The number of fused-ring (bicyclic) bond motifs is 1. The van der Waals surface area contributed by atoms with Gasteiger partial charge in [-0.2, -0.15) is 0 Å². The number of thioether (sulfide) groups is 1. The van der Waals surface area contributed by atoms with Crippen molar-refractivity contribution in [3.05, 3.63) is 58.2 Å². The molecule has 0 aliphatic heterocycles. The molecule has 124 valence electrons. The number of nitrogens with zero attached hydrogens (tertiary/aromatic N) is 3. The third-order valence-corrected chi connectivity index (χ3v) is 4.83. The van der Waals surface area contributed by atoms with E-state index in [4.69, 9.17) is 23.2 Å². The lowest BCUT2D eigenvalue weighted by Crippen LogP contribution is -2.28. The van der Waals surface area contributed by atoms with Crippen molar-refractivity contribution < 1.29 is 4.79 Å². The van der Waals surface area contributed by atoms with E-state index in [1.54, 1.807) is 16.7 Å². The minimum Gasteiger partial charge on any atom is -0.349 e. The lowest BCUT2D eigenvalue weighted by Gasteiger charge is -2.13. The topological polar surface area (TPSA) is 59.3 Å². The monoisotopic (exact) mass is 380 g/mol. The van der Waals surface area contributed by atoms with Crippen LogP contribution in [-0.4, -0.2) is 26.3 Å². The summed E-state index contributed by atoms with van der Waals surface area (Å²) < 4.78 is 1.68. The largest absolute Gasteiger partial charge is 0.349 e. The Labute approximate surface area is 153 Å². The highest BCUT2D eigenvalue weighted by Crippen LogP contribution is 2.25. The van der Waals surface area contributed by atoms with Crippen molar-refractivity contribution in [2.45, 2.75) is 18.1 Å². The summed E-state index contributed by atoms with van der Waals surface area (Å²) in [6.45, 7) is 1.95. The molecule has 3 rings (SSSR count). The highest BCUT2D eigenvalue weighted by molar-refractivity contribution is 7.99. The van der Waals surface area contributed by atoms with E-state index in [9.17, 15) is 4.79 Å². The molecule has 0 fully saturated rings. The average Bonchev–Trinajstić information content (AvgIpc) is 2.97. The standard InChI is InChI=1S/C16H14Cl2N4OS/c1-10(11-5-3-2-4-6-11)19-14(23)9-24-16-21-20-15-13(18)7-12(17)8-22(15)16/h2-8,10H,9H2,1H3,(H,19,23)/t10-/m1/s1. The minimum atomic E-state index is -0.0822. The van der Waals surface area contributed by atoms with Gasteiger partial charge in [-0.3, -0.25) is 9.20 Å². The maximum absolute atomic E-state index is 12.2. The maximum Gasteiger partial charge on any atom is 0.230 e. The minimum absolute atomic E-state index is 0.0571. The van der Waals surface area contributed by atoms with Crippen LogP contribution in [0.5, 0.6) is 0 Å². The second kappa shape index (κ2) is 7.42. The molecular weight excluding hydrogens is 367 g/mol. The molecule has 0 saturated heterocycles. The zero-order chi connectivity index (χ0) is 17.1. The van der Waals surface area contributed by atoms with Crippen LogP contribution in [0.15, 0.2) is 47.8 Å². The van der Waals surface area contributed by atoms with Crippen molar-refractivity contribution in [2.75, 3.05) is 5.75 Å². The Morgan fingerprint density at radius 1 is 1.29 bits per heavy atom. The van der Waals surface area contributed by atoms with Gasteiger partial charge >= 0.3 is 0 Å². The molecule has 2 aromatic heterocycles. The number of hydrogen-bond donors (Lipinski definition) is 1. The Bertz CT molecular complexity index is 869. The predicted molar refractivity (Wildman–Crippen MR) is 96.7 cm³/mol. The van der Waals surface area contributed by atoms with E-state index in [1.807, 2.05) is 37.3 Å². The van der Waals surface area contributed by atoms with Gasteiger partial charge in [0.1, 0.15) is 0 Å². The number of rotatable bonds is 5. The van der Waals surface area contributed by atoms with E-state index in [-0.39, 0.29) is 17.7 Å². The molecule has 0 saturated carbocycles. The van der Waals surface area contributed by atoms with Gasteiger partial charge in [0.15, 0.2) is 10.8 Å². The van der Waals surface area contributed by atoms with Gasteiger partial charge in [-0.15, -0.1) is 10.2 Å². The zero-order valence-corrected chi connectivity index (χ0v) is 15.1. The van der Waals surface area contributed by atoms with Crippen molar-refractivity contribution in [1.82, 2.24) is 19.9 Å². The molecule has 0 spiro atoms. The first-order valence-corrected chi connectivity index (χ1v) is 8.95. The van der Waals surface area contributed by atoms with Gasteiger partial charge in [-0.1, -0.05) is 65.3 Å². The van der Waals surface area contributed by atoms with Crippen LogP contribution in [0.2, 0.25) is 10.0 Å². The van der Waals surface area contributed by atoms with Gasteiger partial charge in [-0.05, 0) is 18.6 Å². The summed E-state index contributed by atoms with van der Waals surface area (Å²) in [5.74, 6) is 0.142. The number of hydrogen-bond acceptors (Lipinski definition) is 4. The molecule has 1 aromatic carbocycles. The first-order chi connectivity index (χ1) is 11.5. The molecule has 1 N–H and O–H groups in total. The highest BCUT2D eigenvalue weighted by Gasteiger charge is 2.14. The molecule has 0 aliphatic rings. The number of carbonyl (C=O) groups is 1. The van der Waals surface area contributed by atoms with E-state index in [2.05, 4.69) is 15.5 Å². The summed E-state index contributed by atoms with van der Waals surface area (Å²) in [5, 5.41) is 12.5. The Morgan fingerprint density at radius 3 is 2.79 bits per heavy atom. The van der Waals surface area contributed by atoms with Crippen molar-refractivity contribution in [3.8, 4) is 0 Å². The van der Waals surface area contributed by atoms with E-state index >= 15 is 0 Å². The van der Waals surface area contributed by atoms with Crippen LogP contribution in [-0.2, 0) is 4.79 Å².